The Morgan fingerprint density at radius 1 is 1.00 bits per heavy atom. The molecule has 3 aliphatic rings. The Balaban J connectivity index is 1.97. The van der Waals surface area contributed by atoms with E-state index in [0.29, 0.717) is 17.8 Å². The maximum atomic E-state index is 9.75. The standard InChI is InChI=1S/C10H12O/c11-10-7-4-2-1-3-6(7)8-5-9(8)10/h1-4,6-11H,5H2/t6?,7?,8?,9?,10-/m1/s1. The van der Waals surface area contributed by atoms with Crippen LogP contribution in [0, 0.1) is 23.7 Å². The Kier molecular flexibility index (Phi) is 0.972. The average Bonchev–Trinajstić information content (AvgIpc) is 2.78. The third-order valence-corrected chi connectivity index (χ3v) is 3.44. The van der Waals surface area contributed by atoms with Crippen LogP contribution in [-0.4, -0.2) is 11.2 Å². The summed E-state index contributed by atoms with van der Waals surface area (Å²) in [5.41, 5.74) is 0. The highest BCUT2D eigenvalue weighted by Gasteiger charge is 2.57. The van der Waals surface area contributed by atoms with Gasteiger partial charge in [-0.2, -0.15) is 0 Å². The Morgan fingerprint density at radius 2 is 1.73 bits per heavy atom. The van der Waals surface area contributed by atoms with Crippen LogP contribution >= 0.6 is 0 Å². The predicted octanol–water partition coefficient (Wildman–Crippen LogP) is 1.36. The molecule has 5 atom stereocenters. The molecule has 2 fully saturated rings. The quantitative estimate of drug-likeness (QED) is 0.550. The number of hydrogen-bond acceptors (Lipinski definition) is 1. The molecule has 0 aliphatic heterocycles. The molecule has 1 nitrogen and oxygen atoms in total. The fourth-order valence-corrected chi connectivity index (χ4v) is 2.77. The zero-order chi connectivity index (χ0) is 7.42. The zero-order valence-corrected chi connectivity index (χ0v) is 6.35. The second-order valence-corrected chi connectivity index (χ2v) is 3.98. The molecule has 58 valence electrons. The average molecular weight is 148 g/mol. The van der Waals surface area contributed by atoms with Crippen LogP contribution in [0.15, 0.2) is 24.3 Å². The molecule has 3 rings (SSSR count). The Bertz CT molecular complexity index is 229. The van der Waals surface area contributed by atoms with Gasteiger partial charge in [0.2, 0.25) is 0 Å². The number of aliphatic hydroxyl groups is 1. The van der Waals surface area contributed by atoms with Crippen LogP contribution in [0.3, 0.4) is 0 Å². The first-order chi connectivity index (χ1) is 5.38. The number of fused-ring (bicyclic) bond motifs is 3. The third-order valence-electron chi connectivity index (χ3n) is 3.44. The van der Waals surface area contributed by atoms with Crippen LogP contribution < -0.4 is 0 Å². The molecule has 0 spiro atoms. The van der Waals surface area contributed by atoms with Crippen LogP contribution in [0.2, 0.25) is 0 Å². The molecule has 0 saturated heterocycles. The molecule has 2 saturated carbocycles. The smallest absolute Gasteiger partial charge is 0.0639 e. The molecule has 4 unspecified atom stereocenters. The summed E-state index contributed by atoms with van der Waals surface area (Å²) in [5, 5.41) is 9.75. The van der Waals surface area contributed by atoms with Crippen LogP contribution in [0.1, 0.15) is 6.42 Å². The van der Waals surface area contributed by atoms with E-state index in [2.05, 4.69) is 24.3 Å². The number of aliphatic hydroxyl groups excluding tert-OH is 1. The van der Waals surface area contributed by atoms with Gasteiger partial charge in [-0.25, -0.2) is 0 Å². The zero-order valence-electron chi connectivity index (χ0n) is 6.35. The largest absolute Gasteiger partial charge is 0.392 e. The van der Waals surface area contributed by atoms with Gasteiger partial charge in [-0.15, -0.1) is 0 Å². The topological polar surface area (TPSA) is 20.2 Å². The van der Waals surface area contributed by atoms with Crippen molar-refractivity contribution in [2.24, 2.45) is 23.7 Å². The SMILES string of the molecule is O[C@@H]1C2C=CC=CC2C2CC21. The number of rotatable bonds is 0. The highest BCUT2D eigenvalue weighted by molar-refractivity contribution is 5.24. The highest BCUT2D eigenvalue weighted by Crippen LogP contribution is 2.59. The molecule has 0 aromatic heterocycles. The lowest BCUT2D eigenvalue weighted by Crippen LogP contribution is -2.21. The van der Waals surface area contributed by atoms with Crippen molar-refractivity contribution in [2.75, 3.05) is 0 Å². The molecule has 0 aromatic rings. The molecule has 0 amide bonds. The van der Waals surface area contributed by atoms with Crippen LogP contribution in [-0.2, 0) is 0 Å². The molecule has 3 aliphatic carbocycles. The first-order valence-electron chi connectivity index (χ1n) is 4.41. The first-order valence-corrected chi connectivity index (χ1v) is 4.41. The molecule has 1 heteroatoms. The summed E-state index contributed by atoms with van der Waals surface area (Å²) in [4.78, 5) is 0. The summed E-state index contributed by atoms with van der Waals surface area (Å²) < 4.78 is 0. The van der Waals surface area contributed by atoms with Crippen molar-refractivity contribution in [3.63, 3.8) is 0 Å². The second-order valence-electron chi connectivity index (χ2n) is 3.98. The van der Waals surface area contributed by atoms with Crippen molar-refractivity contribution >= 4 is 0 Å². The molecule has 0 bridgehead atoms. The summed E-state index contributed by atoms with van der Waals surface area (Å²) in [5.74, 6) is 2.57. The van der Waals surface area contributed by atoms with Crippen LogP contribution in [0.5, 0.6) is 0 Å². The van der Waals surface area contributed by atoms with E-state index in [1.165, 1.54) is 6.42 Å². The molecule has 1 N–H and O–H groups in total. The Labute approximate surface area is 66.4 Å². The van der Waals surface area contributed by atoms with Gasteiger partial charge in [0, 0.05) is 5.92 Å². The van der Waals surface area contributed by atoms with Crippen molar-refractivity contribution in [3.05, 3.63) is 24.3 Å². The maximum Gasteiger partial charge on any atom is 0.0639 e. The Morgan fingerprint density at radius 3 is 2.45 bits per heavy atom. The van der Waals surface area contributed by atoms with Crippen molar-refractivity contribution in [3.8, 4) is 0 Å². The highest BCUT2D eigenvalue weighted by atomic mass is 16.3. The fraction of sp³-hybridized carbons (Fsp3) is 0.600. The summed E-state index contributed by atoms with van der Waals surface area (Å²) in [6.45, 7) is 0. The summed E-state index contributed by atoms with van der Waals surface area (Å²) in [7, 11) is 0. The minimum atomic E-state index is -0.0359. The van der Waals surface area contributed by atoms with Crippen molar-refractivity contribution in [1.29, 1.82) is 0 Å². The van der Waals surface area contributed by atoms with Gasteiger partial charge >= 0.3 is 0 Å². The molecule has 0 aromatic carbocycles. The van der Waals surface area contributed by atoms with E-state index in [0.717, 1.165) is 5.92 Å². The molecule has 0 heterocycles. The van der Waals surface area contributed by atoms with Gasteiger partial charge in [-0.05, 0) is 24.2 Å². The van der Waals surface area contributed by atoms with Gasteiger partial charge in [0.05, 0.1) is 6.10 Å². The summed E-state index contributed by atoms with van der Waals surface area (Å²) in [6.07, 6.45) is 9.85. The van der Waals surface area contributed by atoms with E-state index in [9.17, 15) is 5.11 Å². The van der Waals surface area contributed by atoms with E-state index >= 15 is 0 Å². The van der Waals surface area contributed by atoms with E-state index in [4.69, 9.17) is 0 Å². The third kappa shape index (κ3) is 0.646. The van der Waals surface area contributed by atoms with Crippen molar-refractivity contribution < 1.29 is 5.11 Å². The normalized spacial score (nSPS) is 57.4. The molecule has 11 heavy (non-hydrogen) atoms. The molecule has 0 radical (unpaired) electrons. The molecular formula is C10H12O. The van der Waals surface area contributed by atoms with E-state index in [1.54, 1.807) is 0 Å². The summed E-state index contributed by atoms with van der Waals surface area (Å²) in [6, 6.07) is 0. The van der Waals surface area contributed by atoms with Gasteiger partial charge in [-0.1, -0.05) is 24.3 Å². The lowest BCUT2D eigenvalue weighted by Gasteiger charge is -2.21. The van der Waals surface area contributed by atoms with Gasteiger partial charge in [0.25, 0.3) is 0 Å². The minimum Gasteiger partial charge on any atom is -0.392 e. The van der Waals surface area contributed by atoms with E-state index in [-0.39, 0.29) is 6.10 Å². The van der Waals surface area contributed by atoms with Gasteiger partial charge in [0.15, 0.2) is 0 Å². The van der Waals surface area contributed by atoms with Crippen molar-refractivity contribution in [2.45, 2.75) is 12.5 Å². The predicted molar refractivity (Wildman–Crippen MR) is 42.9 cm³/mol. The van der Waals surface area contributed by atoms with Crippen LogP contribution in [0.4, 0.5) is 0 Å². The van der Waals surface area contributed by atoms with E-state index < -0.39 is 0 Å². The van der Waals surface area contributed by atoms with Gasteiger partial charge in [0.1, 0.15) is 0 Å². The fourth-order valence-electron chi connectivity index (χ4n) is 2.77. The maximum absolute atomic E-state index is 9.75. The number of hydrogen-bond donors (Lipinski definition) is 1. The number of allylic oxidation sites excluding steroid dienone is 3. The second kappa shape index (κ2) is 1.78. The monoisotopic (exact) mass is 148 g/mol. The van der Waals surface area contributed by atoms with Crippen molar-refractivity contribution in [1.82, 2.24) is 0 Å². The van der Waals surface area contributed by atoms with Gasteiger partial charge in [-0.3, -0.25) is 0 Å². The molecular weight excluding hydrogens is 136 g/mol. The van der Waals surface area contributed by atoms with E-state index in [1.807, 2.05) is 0 Å². The Hall–Kier alpha value is -0.560. The van der Waals surface area contributed by atoms with Gasteiger partial charge < -0.3 is 5.11 Å². The minimum absolute atomic E-state index is 0.0359. The lowest BCUT2D eigenvalue weighted by atomic mass is 9.86. The summed E-state index contributed by atoms with van der Waals surface area (Å²) >= 11 is 0. The lowest BCUT2D eigenvalue weighted by molar-refractivity contribution is 0.119. The van der Waals surface area contributed by atoms with Crippen LogP contribution in [0.25, 0.3) is 0 Å². The first kappa shape index (κ1) is 6.01.